The smallest absolute Gasteiger partial charge is 0.416 e. The predicted octanol–water partition coefficient (Wildman–Crippen LogP) is 1.58. The molecule has 5 nitrogen and oxygen atoms in total. The highest BCUT2D eigenvalue weighted by molar-refractivity contribution is 5.93. The first-order valence-corrected chi connectivity index (χ1v) is 7.07. The van der Waals surface area contributed by atoms with Gasteiger partial charge in [-0.05, 0) is 31.0 Å². The molecule has 2 rings (SSSR count). The average molecular weight is 330 g/mol. The van der Waals surface area contributed by atoms with E-state index in [-0.39, 0.29) is 5.69 Å². The van der Waals surface area contributed by atoms with Gasteiger partial charge in [0, 0.05) is 30.6 Å². The molecule has 1 aliphatic heterocycles. The van der Waals surface area contributed by atoms with Crippen LogP contribution in [-0.2, 0) is 20.5 Å². The second-order valence-corrected chi connectivity index (χ2v) is 5.31. The molecule has 0 bridgehead atoms. The summed E-state index contributed by atoms with van der Waals surface area (Å²) in [5.74, 6) is -3.23. The van der Waals surface area contributed by atoms with Gasteiger partial charge in [0.25, 0.3) is 0 Å². The van der Waals surface area contributed by atoms with Gasteiger partial charge in [-0.15, -0.1) is 0 Å². The summed E-state index contributed by atoms with van der Waals surface area (Å²) in [5, 5.41) is 13.4. The van der Waals surface area contributed by atoms with Crippen molar-refractivity contribution in [1.82, 2.24) is 0 Å². The number of ether oxygens (including phenoxy) is 1. The molecule has 1 aromatic carbocycles. The number of carbonyl (C=O) groups excluding carboxylic acids is 2. The third-order valence-electron chi connectivity index (χ3n) is 3.60. The van der Waals surface area contributed by atoms with Crippen molar-refractivity contribution in [3.8, 4) is 0 Å². The maximum atomic E-state index is 12.6. The molecule has 1 amide bonds. The van der Waals surface area contributed by atoms with Crippen molar-refractivity contribution in [3.63, 3.8) is 0 Å². The Bertz CT molecular complexity index is 582. The van der Waals surface area contributed by atoms with Crippen LogP contribution < -0.4 is 10.4 Å². The summed E-state index contributed by atoms with van der Waals surface area (Å²) in [4.78, 5) is 23.0. The Kier molecular flexibility index (Phi) is 5.25. The number of alkyl halides is 3. The fourth-order valence-corrected chi connectivity index (χ4v) is 2.47. The standard InChI is InChI=1S/C15H16F3NO4/c16-15(17,18)9-3-1-4-10(7-9)19-13(20)8-11(14(21)22)12-5-2-6-23-12/h1,3-4,7,11-12H,2,5-6,8H2,(H,19,20)(H,21,22)/p-1/t11-,12+/m1/s1. The van der Waals surface area contributed by atoms with Gasteiger partial charge in [-0.2, -0.15) is 13.2 Å². The SMILES string of the molecule is O=C(C[C@@H](C(=O)[O-])[C@@H]1CCCO1)Nc1cccc(C(F)(F)F)c1. The fourth-order valence-electron chi connectivity index (χ4n) is 2.47. The number of nitrogens with one attached hydrogen (secondary N) is 1. The van der Waals surface area contributed by atoms with Crippen LogP contribution in [0.25, 0.3) is 0 Å². The Hall–Kier alpha value is -2.09. The highest BCUT2D eigenvalue weighted by atomic mass is 19.4. The van der Waals surface area contributed by atoms with Gasteiger partial charge < -0.3 is 20.0 Å². The molecule has 0 unspecified atom stereocenters. The summed E-state index contributed by atoms with van der Waals surface area (Å²) in [6.45, 7) is 0.420. The normalized spacial score (nSPS) is 19.3. The monoisotopic (exact) mass is 330 g/mol. The molecule has 0 spiro atoms. The Morgan fingerprint density at radius 1 is 1.39 bits per heavy atom. The van der Waals surface area contributed by atoms with Crippen molar-refractivity contribution in [1.29, 1.82) is 0 Å². The van der Waals surface area contributed by atoms with Crippen LogP contribution >= 0.6 is 0 Å². The van der Waals surface area contributed by atoms with Crippen LogP contribution in [0.1, 0.15) is 24.8 Å². The maximum absolute atomic E-state index is 12.6. The lowest BCUT2D eigenvalue weighted by molar-refractivity contribution is -0.314. The topological polar surface area (TPSA) is 78.5 Å². The molecule has 1 aromatic rings. The summed E-state index contributed by atoms with van der Waals surface area (Å²) in [6, 6.07) is 4.13. The molecule has 0 aromatic heterocycles. The number of carbonyl (C=O) groups is 2. The van der Waals surface area contributed by atoms with Crippen LogP contribution in [0.4, 0.5) is 18.9 Å². The second kappa shape index (κ2) is 6.99. The minimum Gasteiger partial charge on any atom is -0.550 e. The van der Waals surface area contributed by atoms with E-state index in [1.165, 1.54) is 6.07 Å². The number of rotatable bonds is 5. The summed E-state index contributed by atoms with van der Waals surface area (Å²) in [5.41, 5.74) is -0.944. The number of halogens is 3. The highest BCUT2D eigenvalue weighted by Gasteiger charge is 2.31. The molecule has 1 fully saturated rings. The summed E-state index contributed by atoms with van der Waals surface area (Å²) in [7, 11) is 0. The van der Waals surface area contributed by atoms with E-state index in [9.17, 15) is 27.9 Å². The second-order valence-electron chi connectivity index (χ2n) is 5.31. The molecular formula is C15H15F3NO4-. The number of hydrogen-bond donors (Lipinski definition) is 1. The molecule has 0 radical (unpaired) electrons. The van der Waals surface area contributed by atoms with Gasteiger partial charge in [0.05, 0.1) is 11.7 Å². The number of hydrogen-bond acceptors (Lipinski definition) is 4. The van der Waals surface area contributed by atoms with Crippen molar-refractivity contribution in [2.75, 3.05) is 11.9 Å². The van der Waals surface area contributed by atoms with E-state index in [0.717, 1.165) is 18.2 Å². The molecule has 1 heterocycles. The predicted molar refractivity (Wildman–Crippen MR) is 72.2 cm³/mol. The number of benzene rings is 1. The number of carboxylic acid groups (broad SMARTS) is 1. The first kappa shape index (κ1) is 17.3. The van der Waals surface area contributed by atoms with E-state index in [1.54, 1.807) is 0 Å². The van der Waals surface area contributed by atoms with Crippen LogP contribution in [0.15, 0.2) is 24.3 Å². The molecule has 0 saturated carbocycles. The van der Waals surface area contributed by atoms with Gasteiger partial charge in [-0.3, -0.25) is 4.79 Å². The number of anilines is 1. The number of amides is 1. The fraction of sp³-hybridized carbons (Fsp3) is 0.467. The Labute approximate surface area is 130 Å². The first-order chi connectivity index (χ1) is 10.8. The Morgan fingerprint density at radius 3 is 2.70 bits per heavy atom. The van der Waals surface area contributed by atoms with E-state index in [2.05, 4.69) is 5.32 Å². The van der Waals surface area contributed by atoms with Gasteiger partial charge in [0.15, 0.2) is 0 Å². The minimum absolute atomic E-state index is 0.0470. The Balaban J connectivity index is 2.02. The van der Waals surface area contributed by atoms with Crippen LogP contribution in [0, 0.1) is 5.92 Å². The zero-order valence-electron chi connectivity index (χ0n) is 12.1. The van der Waals surface area contributed by atoms with Crippen molar-refractivity contribution in [2.45, 2.75) is 31.5 Å². The van der Waals surface area contributed by atoms with Gasteiger partial charge >= 0.3 is 6.18 Å². The zero-order chi connectivity index (χ0) is 17.0. The van der Waals surface area contributed by atoms with Crippen LogP contribution in [-0.4, -0.2) is 24.6 Å². The lowest BCUT2D eigenvalue weighted by atomic mass is 9.96. The van der Waals surface area contributed by atoms with Crippen molar-refractivity contribution >= 4 is 17.6 Å². The van der Waals surface area contributed by atoms with E-state index in [0.29, 0.717) is 19.4 Å². The quantitative estimate of drug-likeness (QED) is 0.889. The third-order valence-corrected chi connectivity index (χ3v) is 3.60. The van der Waals surface area contributed by atoms with Gasteiger partial charge in [-0.1, -0.05) is 6.07 Å². The van der Waals surface area contributed by atoms with Crippen LogP contribution in [0.2, 0.25) is 0 Å². The van der Waals surface area contributed by atoms with Crippen molar-refractivity contribution in [3.05, 3.63) is 29.8 Å². The van der Waals surface area contributed by atoms with E-state index < -0.39 is 42.1 Å². The molecule has 0 aliphatic carbocycles. The van der Waals surface area contributed by atoms with Crippen molar-refractivity contribution in [2.24, 2.45) is 5.92 Å². The lowest BCUT2D eigenvalue weighted by Gasteiger charge is -2.23. The molecule has 8 heteroatoms. The molecule has 1 N–H and O–H groups in total. The minimum atomic E-state index is -4.52. The maximum Gasteiger partial charge on any atom is 0.416 e. The van der Waals surface area contributed by atoms with Gasteiger partial charge in [0.2, 0.25) is 5.91 Å². The highest BCUT2D eigenvalue weighted by Crippen LogP contribution is 2.31. The van der Waals surface area contributed by atoms with Gasteiger partial charge in [-0.25, -0.2) is 0 Å². The number of aliphatic carboxylic acids is 1. The van der Waals surface area contributed by atoms with Gasteiger partial charge in [0.1, 0.15) is 0 Å². The Morgan fingerprint density at radius 2 is 2.13 bits per heavy atom. The molecule has 1 aliphatic rings. The summed E-state index contributed by atoms with van der Waals surface area (Å²) in [6.07, 6.45) is -4.33. The molecular weight excluding hydrogens is 315 g/mol. The first-order valence-electron chi connectivity index (χ1n) is 7.07. The van der Waals surface area contributed by atoms with Crippen LogP contribution in [0.3, 0.4) is 0 Å². The lowest BCUT2D eigenvalue weighted by Crippen LogP contribution is -2.40. The van der Waals surface area contributed by atoms with Crippen molar-refractivity contribution < 1.29 is 32.6 Å². The largest absolute Gasteiger partial charge is 0.550 e. The third kappa shape index (κ3) is 4.69. The van der Waals surface area contributed by atoms with E-state index >= 15 is 0 Å². The van der Waals surface area contributed by atoms with E-state index in [1.807, 2.05) is 0 Å². The molecule has 2 atom stereocenters. The summed E-state index contributed by atoms with van der Waals surface area (Å²) < 4.78 is 43.1. The van der Waals surface area contributed by atoms with E-state index in [4.69, 9.17) is 4.74 Å². The molecule has 126 valence electrons. The van der Waals surface area contributed by atoms with Crippen LogP contribution in [0.5, 0.6) is 0 Å². The number of carboxylic acids is 1. The zero-order valence-corrected chi connectivity index (χ0v) is 12.1. The average Bonchev–Trinajstić information content (AvgIpc) is 2.97. The molecule has 23 heavy (non-hydrogen) atoms. The molecule has 1 saturated heterocycles. The summed E-state index contributed by atoms with van der Waals surface area (Å²) >= 11 is 0.